The van der Waals surface area contributed by atoms with Crippen LogP contribution >= 0.6 is 11.6 Å². The van der Waals surface area contributed by atoms with Crippen LogP contribution in [0.3, 0.4) is 0 Å². The summed E-state index contributed by atoms with van der Waals surface area (Å²) in [5, 5.41) is 11.8. The number of halogens is 1. The molecule has 0 spiro atoms. The van der Waals surface area contributed by atoms with Gasteiger partial charge in [0.1, 0.15) is 6.33 Å². The second-order valence-corrected chi connectivity index (χ2v) is 6.48. The number of benzene rings is 2. The van der Waals surface area contributed by atoms with E-state index in [9.17, 15) is 19.7 Å². The van der Waals surface area contributed by atoms with E-state index in [1.165, 1.54) is 12.1 Å². The molecule has 31 heavy (non-hydrogen) atoms. The Bertz CT molecular complexity index is 1110. The van der Waals surface area contributed by atoms with Gasteiger partial charge in [0.2, 0.25) is 17.5 Å². The normalized spacial score (nSPS) is 10.1. The molecule has 2 aromatic carbocycles. The van der Waals surface area contributed by atoms with E-state index >= 15 is 0 Å². The zero-order valence-corrected chi connectivity index (χ0v) is 16.6. The number of rotatable bonds is 8. The van der Waals surface area contributed by atoms with Crippen LogP contribution in [-0.2, 0) is 11.2 Å². The number of amides is 2. The van der Waals surface area contributed by atoms with Gasteiger partial charge in [0, 0.05) is 0 Å². The molecule has 0 aliphatic rings. The van der Waals surface area contributed by atoms with Crippen molar-refractivity contribution < 1.29 is 14.5 Å². The lowest BCUT2D eigenvalue weighted by Crippen LogP contribution is -2.33. The highest BCUT2D eigenvalue weighted by molar-refractivity contribution is 6.33. The van der Waals surface area contributed by atoms with E-state index in [2.05, 4.69) is 31.7 Å². The van der Waals surface area contributed by atoms with Crippen LogP contribution in [-0.4, -0.2) is 26.7 Å². The Morgan fingerprint density at radius 3 is 2.19 bits per heavy atom. The smallest absolute Gasteiger partial charge is 0.276 e. The van der Waals surface area contributed by atoms with E-state index in [1.54, 1.807) is 36.4 Å². The molecule has 0 aliphatic heterocycles. The summed E-state index contributed by atoms with van der Waals surface area (Å²) in [6.45, 7) is 0. The minimum absolute atomic E-state index is 0.0612. The van der Waals surface area contributed by atoms with Crippen molar-refractivity contribution in [1.82, 2.24) is 20.8 Å². The highest BCUT2D eigenvalue weighted by Gasteiger charge is 2.24. The second-order valence-electron chi connectivity index (χ2n) is 6.07. The summed E-state index contributed by atoms with van der Waals surface area (Å²) in [5.74, 6) is -1.61. The molecule has 3 aromatic rings. The summed E-state index contributed by atoms with van der Waals surface area (Å²) >= 11 is 5.96. The number of carbonyl (C=O) groups is 2. The van der Waals surface area contributed by atoms with Gasteiger partial charge in [0.15, 0.2) is 0 Å². The molecular formula is C19H16ClN7O4. The molecule has 0 atom stereocenters. The van der Waals surface area contributed by atoms with Gasteiger partial charge in [-0.1, -0.05) is 54.1 Å². The molecular weight excluding hydrogens is 426 g/mol. The number of hydrogen-bond donors (Lipinski definition) is 4. The van der Waals surface area contributed by atoms with Crippen LogP contribution in [0.2, 0.25) is 5.02 Å². The Kier molecular flexibility index (Phi) is 6.91. The standard InChI is InChI=1S/C19H16ClN7O4/c20-14-9-5-4-8-13(14)19(29)26-25-18-16(27(30)31)17(21-11-22-18)24-23-15(28)10-12-6-2-1-3-7-12/h1-9,11H,10H2,(H,23,28)(H,26,29)(H2,21,22,24,25). The fraction of sp³-hybridized carbons (Fsp3) is 0.0526. The molecule has 158 valence electrons. The monoisotopic (exact) mass is 441 g/mol. The van der Waals surface area contributed by atoms with Crippen molar-refractivity contribution in [3.8, 4) is 0 Å². The van der Waals surface area contributed by atoms with Crippen molar-refractivity contribution >= 4 is 40.7 Å². The van der Waals surface area contributed by atoms with Crippen molar-refractivity contribution in [3.05, 3.63) is 87.2 Å². The maximum atomic E-state index is 12.2. The van der Waals surface area contributed by atoms with E-state index in [4.69, 9.17) is 11.6 Å². The molecule has 0 fully saturated rings. The third-order valence-corrected chi connectivity index (χ3v) is 4.28. The summed E-state index contributed by atoms with van der Waals surface area (Å²) in [6.07, 6.45) is 1.09. The fourth-order valence-electron chi connectivity index (χ4n) is 2.52. The molecule has 0 radical (unpaired) electrons. The van der Waals surface area contributed by atoms with Crippen LogP contribution in [0.15, 0.2) is 60.9 Å². The molecule has 12 heteroatoms. The van der Waals surface area contributed by atoms with E-state index in [0.717, 1.165) is 11.9 Å². The number of hydrazine groups is 2. The number of carbonyl (C=O) groups excluding carboxylic acids is 2. The molecule has 0 saturated heterocycles. The zero-order valence-electron chi connectivity index (χ0n) is 15.8. The largest absolute Gasteiger partial charge is 0.356 e. The Balaban J connectivity index is 1.69. The van der Waals surface area contributed by atoms with Crippen molar-refractivity contribution in [1.29, 1.82) is 0 Å². The highest BCUT2D eigenvalue weighted by atomic mass is 35.5. The zero-order chi connectivity index (χ0) is 22.2. The molecule has 1 aromatic heterocycles. The Morgan fingerprint density at radius 1 is 0.935 bits per heavy atom. The molecule has 3 rings (SSSR count). The minimum Gasteiger partial charge on any atom is -0.276 e. The van der Waals surface area contributed by atoms with Gasteiger partial charge >= 0.3 is 5.69 Å². The van der Waals surface area contributed by atoms with E-state index in [-0.39, 0.29) is 28.6 Å². The van der Waals surface area contributed by atoms with Gasteiger partial charge in [-0.25, -0.2) is 9.97 Å². The predicted octanol–water partition coefficient (Wildman–Crippen LogP) is 2.48. The van der Waals surface area contributed by atoms with Crippen LogP contribution in [0.5, 0.6) is 0 Å². The molecule has 2 amide bonds. The lowest BCUT2D eigenvalue weighted by molar-refractivity contribution is -0.383. The number of nitro groups is 1. The SMILES string of the molecule is O=C(Cc1ccccc1)NNc1ncnc(NNC(=O)c2ccccc2Cl)c1[N+](=O)[O-]. The average molecular weight is 442 g/mol. The first-order valence-electron chi connectivity index (χ1n) is 8.84. The lowest BCUT2D eigenvalue weighted by atomic mass is 10.1. The molecule has 0 saturated carbocycles. The van der Waals surface area contributed by atoms with Gasteiger partial charge in [-0.05, 0) is 17.7 Å². The summed E-state index contributed by atoms with van der Waals surface area (Å²) in [5.41, 5.74) is 9.80. The van der Waals surface area contributed by atoms with Crippen LogP contribution in [0.4, 0.5) is 17.3 Å². The Hall–Kier alpha value is -4.25. The topological polar surface area (TPSA) is 151 Å². The molecule has 1 heterocycles. The Labute approximate surface area is 180 Å². The van der Waals surface area contributed by atoms with Crippen LogP contribution in [0.25, 0.3) is 0 Å². The Morgan fingerprint density at radius 2 is 1.55 bits per heavy atom. The molecule has 11 nitrogen and oxygen atoms in total. The maximum Gasteiger partial charge on any atom is 0.356 e. The number of nitrogens with zero attached hydrogens (tertiary/aromatic N) is 3. The summed E-state index contributed by atoms with van der Waals surface area (Å²) in [4.78, 5) is 42.7. The third kappa shape index (κ3) is 5.64. The van der Waals surface area contributed by atoms with E-state index < -0.39 is 22.4 Å². The third-order valence-electron chi connectivity index (χ3n) is 3.95. The van der Waals surface area contributed by atoms with E-state index in [1.807, 2.05) is 6.07 Å². The van der Waals surface area contributed by atoms with Crippen LogP contribution in [0.1, 0.15) is 15.9 Å². The van der Waals surface area contributed by atoms with Crippen molar-refractivity contribution in [3.63, 3.8) is 0 Å². The quantitative estimate of drug-likeness (QED) is 0.307. The molecule has 0 bridgehead atoms. The van der Waals surface area contributed by atoms with Gasteiger partial charge in [0.25, 0.3) is 5.91 Å². The maximum absolute atomic E-state index is 12.2. The number of nitrogens with one attached hydrogen (secondary N) is 4. The minimum atomic E-state index is -0.754. The van der Waals surface area contributed by atoms with Gasteiger partial charge < -0.3 is 0 Å². The first-order chi connectivity index (χ1) is 15.0. The number of hydrogen-bond acceptors (Lipinski definition) is 8. The van der Waals surface area contributed by atoms with Gasteiger partial charge in [-0.2, -0.15) is 0 Å². The number of aromatic nitrogens is 2. The highest BCUT2D eigenvalue weighted by Crippen LogP contribution is 2.27. The molecule has 0 aliphatic carbocycles. The van der Waals surface area contributed by atoms with Gasteiger partial charge in [-0.3, -0.25) is 41.4 Å². The first-order valence-corrected chi connectivity index (χ1v) is 9.22. The summed E-state index contributed by atoms with van der Waals surface area (Å²) in [6, 6.07) is 15.3. The fourth-order valence-corrected chi connectivity index (χ4v) is 2.74. The first kappa shape index (κ1) is 21.5. The average Bonchev–Trinajstić information content (AvgIpc) is 2.76. The van der Waals surface area contributed by atoms with Crippen molar-refractivity contribution in [2.45, 2.75) is 6.42 Å². The molecule has 4 N–H and O–H groups in total. The second kappa shape index (κ2) is 9.98. The molecule has 0 unspecified atom stereocenters. The van der Waals surface area contributed by atoms with Crippen molar-refractivity contribution in [2.75, 3.05) is 10.9 Å². The van der Waals surface area contributed by atoms with Crippen LogP contribution in [0, 0.1) is 10.1 Å². The van der Waals surface area contributed by atoms with Crippen LogP contribution < -0.4 is 21.7 Å². The summed E-state index contributed by atoms with van der Waals surface area (Å²) < 4.78 is 0. The predicted molar refractivity (Wildman–Crippen MR) is 113 cm³/mol. The number of anilines is 2. The van der Waals surface area contributed by atoms with Gasteiger partial charge in [0.05, 0.1) is 21.9 Å². The summed E-state index contributed by atoms with van der Waals surface area (Å²) in [7, 11) is 0. The lowest BCUT2D eigenvalue weighted by Gasteiger charge is -2.12. The van der Waals surface area contributed by atoms with Crippen molar-refractivity contribution in [2.24, 2.45) is 0 Å². The van der Waals surface area contributed by atoms with Gasteiger partial charge in [-0.15, -0.1) is 0 Å². The van der Waals surface area contributed by atoms with E-state index in [0.29, 0.717) is 0 Å².